The quantitative estimate of drug-likeness (QED) is 0.623. The van der Waals surface area contributed by atoms with Crippen LogP contribution < -0.4 is 10.4 Å². The molecule has 0 saturated carbocycles. The SMILES string of the molecule is Cc1c(N)n[nH][n+]1-c1ccccc1. The molecule has 0 saturated heterocycles. The summed E-state index contributed by atoms with van der Waals surface area (Å²) in [6.07, 6.45) is 0. The number of aromatic nitrogens is 3. The van der Waals surface area contributed by atoms with Crippen LogP contribution in [-0.2, 0) is 0 Å². The van der Waals surface area contributed by atoms with Crippen molar-refractivity contribution in [3.8, 4) is 5.69 Å². The molecule has 0 amide bonds. The van der Waals surface area contributed by atoms with E-state index in [-0.39, 0.29) is 0 Å². The molecule has 1 heterocycles. The fourth-order valence-corrected chi connectivity index (χ4v) is 1.20. The minimum absolute atomic E-state index is 0.531. The summed E-state index contributed by atoms with van der Waals surface area (Å²) in [6.45, 7) is 1.92. The summed E-state index contributed by atoms with van der Waals surface area (Å²) in [5, 5.41) is 6.74. The summed E-state index contributed by atoms with van der Waals surface area (Å²) in [4.78, 5) is 0. The maximum Gasteiger partial charge on any atom is 0.308 e. The number of hydrogen-bond acceptors (Lipinski definition) is 2. The summed E-state index contributed by atoms with van der Waals surface area (Å²) < 4.78 is 1.84. The number of nitrogens with one attached hydrogen (secondary N) is 1. The second kappa shape index (κ2) is 2.90. The van der Waals surface area contributed by atoms with Crippen molar-refractivity contribution in [2.24, 2.45) is 0 Å². The molecule has 1 aromatic carbocycles. The fraction of sp³-hybridized carbons (Fsp3) is 0.111. The summed E-state index contributed by atoms with van der Waals surface area (Å²) in [5.74, 6) is 0.531. The third-order valence-electron chi connectivity index (χ3n) is 1.99. The average Bonchev–Trinajstić information content (AvgIpc) is 2.49. The molecule has 1 aromatic heterocycles. The molecule has 3 N–H and O–H groups in total. The Balaban J connectivity index is 2.53. The van der Waals surface area contributed by atoms with Crippen LogP contribution in [0.25, 0.3) is 5.69 Å². The van der Waals surface area contributed by atoms with Gasteiger partial charge in [-0.3, -0.25) is 0 Å². The molecule has 0 fully saturated rings. The Morgan fingerprint density at radius 3 is 2.54 bits per heavy atom. The van der Waals surface area contributed by atoms with Crippen molar-refractivity contribution in [3.63, 3.8) is 0 Å². The number of rotatable bonds is 1. The van der Waals surface area contributed by atoms with Gasteiger partial charge in [0.25, 0.3) is 0 Å². The van der Waals surface area contributed by atoms with Crippen molar-refractivity contribution >= 4 is 5.82 Å². The molecule has 0 aliphatic rings. The first-order chi connectivity index (χ1) is 6.29. The van der Waals surface area contributed by atoms with Crippen molar-refractivity contribution in [2.75, 3.05) is 5.73 Å². The Morgan fingerprint density at radius 1 is 1.31 bits per heavy atom. The highest BCUT2D eigenvalue weighted by molar-refractivity contribution is 5.30. The van der Waals surface area contributed by atoms with Crippen LogP contribution in [0.15, 0.2) is 30.3 Å². The molecule has 0 aliphatic heterocycles. The lowest BCUT2D eigenvalue weighted by Gasteiger charge is -1.94. The van der Waals surface area contributed by atoms with Crippen LogP contribution in [0, 0.1) is 6.92 Å². The zero-order valence-corrected chi connectivity index (χ0v) is 7.36. The van der Waals surface area contributed by atoms with Gasteiger partial charge in [-0.15, -0.1) is 4.68 Å². The summed E-state index contributed by atoms with van der Waals surface area (Å²) >= 11 is 0. The van der Waals surface area contributed by atoms with E-state index in [2.05, 4.69) is 10.3 Å². The molecule has 0 spiro atoms. The number of para-hydroxylation sites is 1. The van der Waals surface area contributed by atoms with Gasteiger partial charge in [-0.2, -0.15) is 0 Å². The molecule has 0 atom stereocenters. The predicted molar refractivity (Wildman–Crippen MR) is 49.3 cm³/mol. The minimum Gasteiger partial charge on any atom is -0.358 e. The van der Waals surface area contributed by atoms with Gasteiger partial charge in [0.1, 0.15) is 0 Å². The van der Waals surface area contributed by atoms with Gasteiger partial charge < -0.3 is 5.73 Å². The molecule has 0 unspecified atom stereocenters. The number of hydrogen-bond donors (Lipinski definition) is 2. The van der Waals surface area contributed by atoms with E-state index >= 15 is 0 Å². The third kappa shape index (κ3) is 1.26. The third-order valence-corrected chi connectivity index (χ3v) is 1.99. The molecule has 4 nitrogen and oxygen atoms in total. The molecular formula is C9H11N4+. The molecule has 66 valence electrons. The maximum atomic E-state index is 5.61. The predicted octanol–water partition coefficient (Wildman–Crippen LogP) is 0.577. The highest BCUT2D eigenvalue weighted by Gasteiger charge is 2.14. The van der Waals surface area contributed by atoms with Crippen molar-refractivity contribution in [1.82, 2.24) is 10.3 Å². The lowest BCUT2D eigenvalue weighted by molar-refractivity contribution is -0.665. The minimum atomic E-state index is 0.531. The molecule has 0 bridgehead atoms. The molecule has 0 radical (unpaired) electrons. The largest absolute Gasteiger partial charge is 0.358 e. The van der Waals surface area contributed by atoms with Gasteiger partial charge in [0, 0.05) is 6.92 Å². The molecular weight excluding hydrogens is 164 g/mol. The molecule has 2 aromatic rings. The van der Waals surface area contributed by atoms with Crippen LogP contribution in [0.1, 0.15) is 5.69 Å². The van der Waals surface area contributed by atoms with E-state index in [0.29, 0.717) is 5.82 Å². The van der Waals surface area contributed by atoms with E-state index in [1.165, 1.54) is 0 Å². The molecule has 13 heavy (non-hydrogen) atoms. The Kier molecular flexibility index (Phi) is 1.73. The summed E-state index contributed by atoms with van der Waals surface area (Å²) in [7, 11) is 0. The highest BCUT2D eigenvalue weighted by Crippen LogP contribution is 2.02. The van der Waals surface area contributed by atoms with Gasteiger partial charge >= 0.3 is 5.82 Å². The summed E-state index contributed by atoms with van der Waals surface area (Å²) in [6, 6.07) is 9.89. The second-order valence-electron chi connectivity index (χ2n) is 2.85. The van der Waals surface area contributed by atoms with E-state index in [1.54, 1.807) is 0 Å². The Morgan fingerprint density at radius 2 is 2.00 bits per heavy atom. The van der Waals surface area contributed by atoms with E-state index in [1.807, 2.05) is 41.9 Å². The summed E-state index contributed by atoms with van der Waals surface area (Å²) in [5.41, 5.74) is 7.57. The number of aromatic amines is 1. The number of benzene rings is 1. The fourth-order valence-electron chi connectivity index (χ4n) is 1.20. The van der Waals surface area contributed by atoms with Crippen molar-refractivity contribution in [1.29, 1.82) is 0 Å². The highest BCUT2D eigenvalue weighted by atomic mass is 15.4. The van der Waals surface area contributed by atoms with Crippen LogP contribution >= 0.6 is 0 Å². The topological polar surface area (TPSA) is 58.6 Å². The Labute approximate surface area is 76.0 Å². The van der Waals surface area contributed by atoms with Gasteiger partial charge in [-0.05, 0) is 12.1 Å². The Hall–Kier alpha value is -1.84. The lowest BCUT2D eigenvalue weighted by atomic mass is 10.3. The van der Waals surface area contributed by atoms with Gasteiger partial charge in [0.15, 0.2) is 11.4 Å². The first-order valence-corrected chi connectivity index (χ1v) is 4.07. The first-order valence-electron chi connectivity index (χ1n) is 4.07. The monoisotopic (exact) mass is 175 g/mol. The van der Waals surface area contributed by atoms with E-state index in [0.717, 1.165) is 11.4 Å². The standard InChI is InChI=1S/C9H10N4/c1-7-9(10)11-12-13(7)8-5-3-2-4-6-8/h2-6H,10H2,1H3/p+1. The van der Waals surface area contributed by atoms with Crippen LogP contribution in [0.2, 0.25) is 0 Å². The number of nitrogen functional groups attached to an aromatic ring is 1. The second-order valence-corrected chi connectivity index (χ2v) is 2.85. The van der Waals surface area contributed by atoms with Gasteiger partial charge in [-0.25, -0.2) is 0 Å². The van der Waals surface area contributed by atoms with Crippen LogP contribution in [-0.4, -0.2) is 10.3 Å². The van der Waals surface area contributed by atoms with Crippen LogP contribution in [0.3, 0.4) is 0 Å². The molecule has 4 heteroatoms. The van der Waals surface area contributed by atoms with E-state index < -0.39 is 0 Å². The normalized spacial score (nSPS) is 10.2. The maximum absolute atomic E-state index is 5.61. The van der Waals surface area contributed by atoms with Gasteiger partial charge in [0.05, 0.1) is 5.10 Å². The number of nitrogens with two attached hydrogens (primary N) is 1. The number of nitrogens with zero attached hydrogens (tertiary/aromatic N) is 2. The van der Waals surface area contributed by atoms with Crippen LogP contribution in [0.5, 0.6) is 0 Å². The first kappa shape index (κ1) is 7.79. The van der Waals surface area contributed by atoms with E-state index in [9.17, 15) is 0 Å². The van der Waals surface area contributed by atoms with Crippen LogP contribution in [0.4, 0.5) is 5.82 Å². The zero-order valence-electron chi connectivity index (χ0n) is 7.36. The smallest absolute Gasteiger partial charge is 0.308 e. The molecule has 0 aliphatic carbocycles. The molecule has 2 rings (SSSR count). The van der Waals surface area contributed by atoms with Gasteiger partial charge in [-0.1, -0.05) is 23.4 Å². The zero-order chi connectivity index (χ0) is 9.26. The van der Waals surface area contributed by atoms with E-state index in [4.69, 9.17) is 5.73 Å². The van der Waals surface area contributed by atoms with Crippen molar-refractivity contribution in [2.45, 2.75) is 6.92 Å². The van der Waals surface area contributed by atoms with Gasteiger partial charge in [0.2, 0.25) is 0 Å². The Bertz CT molecular complexity index is 405. The van der Waals surface area contributed by atoms with Crippen molar-refractivity contribution in [3.05, 3.63) is 36.0 Å². The number of anilines is 1. The average molecular weight is 175 g/mol. The lowest BCUT2D eigenvalue weighted by Crippen LogP contribution is -2.35. The number of H-pyrrole nitrogens is 1. The van der Waals surface area contributed by atoms with Crippen molar-refractivity contribution < 1.29 is 4.68 Å².